The fourth-order valence-corrected chi connectivity index (χ4v) is 2.18. The molecule has 0 fully saturated rings. The predicted octanol–water partition coefficient (Wildman–Crippen LogP) is 4.42. The molecule has 2 nitrogen and oxygen atoms in total. The maximum atomic E-state index is 13.1. The highest BCUT2D eigenvalue weighted by atomic mass is 79.9. The Kier molecular flexibility index (Phi) is 4.56. The molecule has 2 aromatic carbocycles. The van der Waals surface area contributed by atoms with E-state index in [-0.39, 0.29) is 18.1 Å². The third-order valence-corrected chi connectivity index (χ3v) is 3.49. The van der Waals surface area contributed by atoms with Crippen molar-refractivity contribution in [3.63, 3.8) is 0 Å². The van der Waals surface area contributed by atoms with Gasteiger partial charge in [-0.25, -0.2) is 4.39 Å². The molecular formula is C14H10BrClFNO. The molecular weight excluding hydrogens is 333 g/mol. The molecule has 0 radical (unpaired) electrons. The Balaban J connectivity index is 2.05. The first-order chi connectivity index (χ1) is 9.06. The van der Waals surface area contributed by atoms with Crippen LogP contribution in [0.15, 0.2) is 46.9 Å². The first kappa shape index (κ1) is 14.0. The number of amides is 1. The molecule has 19 heavy (non-hydrogen) atoms. The van der Waals surface area contributed by atoms with E-state index in [1.807, 2.05) is 6.07 Å². The zero-order chi connectivity index (χ0) is 13.8. The highest BCUT2D eigenvalue weighted by molar-refractivity contribution is 9.10. The maximum Gasteiger partial charge on any atom is 0.228 e. The van der Waals surface area contributed by atoms with Crippen molar-refractivity contribution in [2.24, 2.45) is 0 Å². The molecule has 1 amide bonds. The van der Waals surface area contributed by atoms with Crippen molar-refractivity contribution in [1.82, 2.24) is 0 Å². The molecule has 2 aromatic rings. The number of carbonyl (C=O) groups excluding carboxylic acids is 1. The maximum absolute atomic E-state index is 13.1. The lowest BCUT2D eigenvalue weighted by Gasteiger charge is -2.07. The second-order valence-corrected chi connectivity index (χ2v) is 5.21. The first-order valence-corrected chi connectivity index (χ1v) is 6.71. The number of hydrogen-bond donors (Lipinski definition) is 1. The molecule has 1 N–H and O–H groups in total. The summed E-state index contributed by atoms with van der Waals surface area (Å²) in [5.74, 6) is -0.573. The molecule has 0 heterocycles. The standard InChI is InChI=1S/C14H10BrClFNO/c15-11-8-10(5-6-13(11)17)18-14(19)7-9-3-1-2-4-12(9)16/h1-6,8H,7H2,(H,18,19). The molecule has 0 aromatic heterocycles. The van der Waals surface area contributed by atoms with E-state index < -0.39 is 0 Å². The molecule has 0 spiro atoms. The minimum absolute atomic E-state index is 0.175. The molecule has 0 bridgehead atoms. The zero-order valence-corrected chi connectivity index (χ0v) is 12.1. The lowest BCUT2D eigenvalue weighted by atomic mass is 10.1. The summed E-state index contributed by atoms with van der Waals surface area (Å²) in [5, 5.41) is 3.25. The van der Waals surface area contributed by atoms with Crippen LogP contribution in [-0.4, -0.2) is 5.91 Å². The summed E-state index contributed by atoms with van der Waals surface area (Å²) in [7, 11) is 0. The predicted molar refractivity (Wildman–Crippen MR) is 77.9 cm³/mol. The minimum atomic E-state index is -0.371. The van der Waals surface area contributed by atoms with E-state index in [1.54, 1.807) is 18.2 Å². The Bertz CT molecular complexity index is 618. The fraction of sp³-hybridized carbons (Fsp3) is 0.0714. The second-order valence-electron chi connectivity index (χ2n) is 3.95. The van der Waals surface area contributed by atoms with E-state index >= 15 is 0 Å². The average molecular weight is 343 g/mol. The number of halogens is 3. The monoisotopic (exact) mass is 341 g/mol. The number of anilines is 1. The summed E-state index contributed by atoms with van der Waals surface area (Å²) in [6.45, 7) is 0. The van der Waals surface area contributed by atoms with Crippen molar-refractivity contribution < 1.29 is 9.18 Å². The van der Waals surface area contributed by atoms with Gasteiger partial charge >= 0.3 is 0 Å². The highest BCUT2D eigenvalue weighted by Gasteiger charge is 2.08. The summed E-state index contributed by atoms with van der Waals surface area (Å²) in [4.78, 5) is 11.9. The Morgan fingerprint density at radius 3 is 2.68 bits per heavy atom. The molecule has 0 aliphatic rings. The van der Waals surface area contributed by atoms with E-state index in [9.17, 15) is 9.18 Å². The van der Waals surface area contributed by atoms with Crippen molar-refractivity contribution >= 4 is 39.1 Å². The summed E-state index contributed by atoms with van der Waals surface area (Å²) >= 11 is 9.05. The molecule has 0 atom stereocenters. The Hall–Kier alpha value is -1.39. The summed E-state index contributed by atoms with van der Waals surface area (Å²) in [5.41, 5.74) is 1.29. The van der Waals surface area contributed by atoms with Crippen LogP contribution in [0, 0.1) is 5.82 Å². The molecule has 5 heteroatoms. The molecule has 0 saturated heterocycles. The Labute approximate surface area is 123 Å². The topological polar surface area (TPSA) is 29.1 Å². The molecule has 0 unspecified atom stereocenters. The zero-order valence-electron chi connectivity index (χ0n) is 9.79. The first-order valence-electron chi connectivity index (χ1n) is 5.54. The van der Waals surface area contributed by atoms with Crippen molar-refractivity contribution in [2.75, 3.05) is 5.32 Å². The van der Waals surface area contributed by atoms with Crippen molar-refractivity contribution in [3.8, 4) is 0 Å². The Morgan fingerprint density at radius 1 is 1.26 bits per heavy atom. The minimum Gasteiger partial charge on any atom is -0.326 e. The van der Waals surface area contributed by atoms with Crippen molar-refractivity contribution in [3.05, 3.63) is 63.3 Å². The van der Waals surface area contributed by atoms with Gasteiger partial charge in [0.05, 0.1) is 10.9 Å². The van der Waals surface area contributed by atoms with Gasteiger partial charge in [-0.05, 0) is 45.8 Å². The average Bonchev–Trinajstić information content (AvgIpc) is 2.37. The molecule has 98 valence electrons. The fourth-order valence-electron chi connectivity index (χ4n) is 1.59. The van der Waals surface area contributed by atoms with Crippen LogP contribution in [0.3, 0.4) is 0 Å². The summed E-state index contributed by atoms with van der Waals surface area (Å²) in [6.07, 6.45) is 0.175. The van der Waals surface area contributed by atoms with Gasteiger partial charge in [-0.15, -0.1) is 0 Å². The van der Waals surface area contributed by atoms with E-state index in [1.165, 1.54) is 18.2 Å². The van der Waals surface area contributed by atoms with Gasteiger partial charge in [0.2, 0.25) is 5.91 Å². The summed E-state index contributed by atoms with van der Waals surface area (Å²) in [6, 6.07) is 11.5. The van der Waals surface area contributed by atoms with Crippen molar-refractivity contribution in [1.29, 1.82) is 0 Å². The van der Waals surface area contributed by atoms with Gasteiger partial charge in [-0.3, -0.25) is 4.79 Å². The van der Waals surface area contributed by atoms with Crippen LogP contribution in [0.25, 0.3) is 0 Å². The van der Waals surface area contributed by atoms with E-state index in [2.05, 4.69) is 21.2 Å². The summed E-state index contributed by atoms with van der Waals surface area (Å²) < 4.78 is 13.4. The van der Waals surface area contributed by atoms with Crippen molar-refractivity contribution in [2.45, 2.75) is 6.42 Å². The van der Waals surface area contributed by atoms with Crippen LogP contribution < -0.4 is 5.32 Å². The number of rotatable bonds is 3. The second kappa shape index (κ2) is 6.17. The lowest BCUT2D eigenvalue weighted by Crippen LogP contribution is -2.14. The smallest absolute Gasteiger partial charge is 0.228 e. The number of carbonyl (C=O) groups is 1. The highest BCUT2D eigenvalue weighted by Crippen LogP contribution is 2.21. The molecule has 2 rings (SSSR count). The van der Waals surface area contributed by atoms with Gasteiger partial charge in [0.25, 0.3) is 0 Å². The van der Waals surface area contributed by atoms with E-state index in [4.69, 9.17) is 11.6 Å². The van der Waals surface area contributed by atoms with Crippen LogP contribution >= 0.6 is 27.5 Å². The largest absolute Gasteiger partial charge is 0.326 e. The van der Waals surface area contributed by atoms with E-state index in [0.29, 0.717) is 15.2 Å². The SMILES string of the molecule is O=C(Cc1ccccc1Cl)Nc1ccc(F)c(Br)c1. The molecule has 0 aliphatic carbocycles. The van der Waals surface area contributed by atoms with Gasteiger partial charge in [-0.1, -0.05) is 29.8 Å². The molecule has 0 saturated carbocycles. The normalized spacial score (nSPS) is 10.3. The van der Waals surface area contributed by atoms with Gasteiger partial charge in [-0.2, -0.15) is 0 Å². The van der Waals surface area contributed by atoms with Gasteiger partial charge in [0.1, 0.15) is 5.82 Å². The Morgan fingerprint density at radius 2 is 2.00 bits per heavy atom. The lowest BCUT2D eigenvalue weighted by molar-refractivity contribution is -0.115. The third kappa shape index (κ3) is 3.78. The van der Waals surface area contributed by atoms with E-state index in [0.717, 1.165) is 5.56 Å². The number of hydrogen-bond acceptors (Lipinski definition) is 1. The van der Waals surface area contributed by atoms with Gasteiger partial charge < -0.3 is 5.32 Å². The number of nitrogens with one attached hydrogen (secondary N) is 1. The van der Waals surface area contributed by atoms with Crippen LogP contribution in [0.4, 0.5) is 10.1 Å². The van der Waals surface area contributed by atoms with Crippen LogP contribution in [0.2, 0.25) is 5.02 Å². The third-order valence-electron chi connectivity index (χ3n) is 2.51. The number of benzene rings is 2. The molecule has 0 aliphatic heterocycles. The quantitative estimate of drug-likeness (QED) is 0.879. The van der Waals surface area contributed by atoms with Gasteiger partial charge in [0, 0.05) is 10.7 Å². The van der Waals surface area contributed by atoms with Crippen LogP contribution in [-0.2, 0) is 11.2 Å². The van der Waals surface area contributed by atoms with Crippen LogP contribution in [0.5, 0.6) is 0 Å². The van der Waals surface area contributed by atoms with Crippen LogP contribution in [0.1, 0.15) is 5.56 Å². The van der Waals surface area contributed by atoms with Gasteiger partial charge in [0.15, 0.2) is 0 Å².